The molecule has 6 nitrogen and oxygen atoms in total. The van der Waals surface area contributed by atoms with Gasteiger partial charge >= 0.3 is 6.18 Å². The van der Waals surface area contributed by atoms with Crippen molar-refractivity contribution < 1.29 is 27.1 Å². The Morgan fingerprint density at radius 3 is 2.50 bits per heavy atom. The maximum absolute atomic E-state index is 13.8. The van der Waals surface area contributed by atoms with Crippen LogP contribution in [0.3, 0.4) is 0 Å². The van der Waals surface area contributed by atoms with Crippen LogP contribution >= 0.6 is 15.9 Å². The van der Waals surface area contributed by atoms with Gasteiger partial charge in [-0.05, 0) is 82.7 Å². The summed E-state index contributed by atoms with van der Waals surface area (Å²) >= 11 is 3.12. The summed E-state index contributed by atoms with van der Waals surface area (Å²) in [5, 5.41) is 2.56. The molecule has 182 valence electrons. The summed E-state index contributed by atoms with van der Waals surface area (Å²) in [5.74, 6) is -0.330. The van der Waals surface area contributed by atoms with E-state index in [-0.39, 0.29) is 35.4 Å². The summed E-state index contributed by atoms with van der Waals surface area (Å²) in [6.07, 6.45) is -2.63. The third-order valence-electron chi connectivity index (χ3n) is 4.85. The van der Waals surface area contributed by atoms with Crippen LogP contribution in [-0.2, 0) is 6.18 Å². The summed E-state index contributed by atoms with van der Waals surface area (Å²) in [4.78, 5) is 16.3. The van der Waals surface area contributed by atoms with Gasteiger partial charge in [-0.3, -0.25) is 4.79 Å². The number of hydrogen-bond acceptors (Lipinski definition) is 5. The van der Waals surface area contributed by atoms with Gasteiger partial charge in [0.25, 0.3) is 5.91 Å². The average Bonchev–Trinajstić information content (AvgIpc) is 3.17. The minimum Gasteiger partial charge on any atom is -0.491 e. The molecule has 0 fully saturated rings. The fraction of sp³-hybridized carbons (Fsp3) is 0.333. The fourth-order valence-electron chi connectivity index (χ4n) is 3.58. The number of rotatable bonds is 8. The molecule has 3 N–H and O–H groups in total. The Morgan fingerprint density at radius 1 is 1.18 bits per heavy atom. The zero-order chi connectivity index (χ0) is 25.1. The lowest BCUT2D eigenvalue weighted by Gasteiger charge is -2.27. The molecule has 3 rings (SSSR count). The Hall–Kier alpha value is -2.85. The van der Waals surface area contributed by atoms with Crippen LogP contribution in [0.15, 0.2) is 57.7 Å². The molecule has 0 radical (unpaired) electrons. The highest BCUT2D eigenvalue weighted by molar-refractivity contribution is 9.10. The lowest BCUT2D eigenvalue weighted by atomic mass is 9.93. The van der Waals surface area contributed by atoms with E-state index >= 15 is 0 Å². The second-order valence-electron chi connectivity index (χ2n) is 8.74. The van der Waals surface area contributed by atoms with Gasteiger partial charge in [-0.2, -0.15) is 13.2 Å². The van der Waals surface area contributed by atoms with Crippen LogP contribution in [0.2, 0.25) is 0 Å². The highest BCUT2D eigenvalue weighted by Gasteiger charge is 2.35. The summed E-state index contributed by atoms with van der Waals surface area (Å²) in [5.41, 5.74) is 5.24. The molecule has 1 atom stereocenters. The van der Waals surface area contributed by atoms with E-state index in [0.717, 1.165) is 6.07 Å². The van der Waals surface area contributed by atoms with Gasteiger partial charge in [-0.25, -0.2) is 4.98 Å². The Kier molecular flexibility index (Phi) is 7.72. The van der Waals surface area contributed by atoms with Crippen molar-refractivity contribution in [3.63, 3.8) is 0 Å². The zero-order valence-electron chi connectivity index (χ0n) is 18.9. The third kappa shape index (κ3) is 6.83. The molecule has 0 aliphatic rings. The molecule has 0 saturated carbocycles. The smallest absolute Gasteiger partial charge is 0.419 e. The minimum absolute atomic E-state index is 0.0536. The van der Waals surface area contributed by atoms with Gasteiger partial charge in [-0.1, -0.05) is 19.9 Å². The van der Waals surface area contributed by atoms with Crippen molar-refractivity contribution in [3.05, 3.63) is 64.7 Å². The number of ether oxygens (including phenoxy) is 1. The Labute approximate surface area is 203 Å². The summed E-state index contributed by atoms with van der Waals surface area (Å²) in [6.45, 7) is 5.67. The second-order valence-corrected chi connectivity index (χ2v) is 9.52. The van der Waals surface area contributed by atoms with Crippen molar-refractivity contribution >= 4 is 27.7 Å². The number of carbonyl (C=O) groups is 1. The van der Waals surface area contributed by atoms with Crippen LogP contribution in [0.4, 0.5) is 19.0 Å². The number of carbonyl (C=O) groups excluding carboxylic acids is 1. The van der Waals surface area contributed by atoms with Gasteiger partial charge in [0.1, 0.15) is 18.2 Å². The van der Waals surface area contributed by atoms with E-state index in [1.807, 2.05) is 13.8 Å². The minimum atomic E-state index is -4.63. The Bertz CT molecular complexity index is 1160. The number of anilines is 1. The van der Waals surface area contributed by atoms with Crippen molar-refractivity contribution in [2.75, 3.05) is 11.9 Å². The van der Waals surface area contributed by atoms with E-state index in [0.29, 0.717) is 16.7 Å². The normalized spacial score (nSPS) is 13.6. The van der Waals surface area contributed by atoms with E-state index in [2.05, 4.69) is 26.2 Å². The standard InChI is InChI=1S/C24H25BrF3N3O3/c1-14(2)12-23(3,29)13-33-18-5-4-15(10-17(18)24(26,27)28)16-8-9-30-21(11-16)31-22(32)19-6-7-20(25)34-19/h4-11,14H,12-13,29H2,1-3H3,(H,30,31,32)/t23-/m0/s1. The number of nitrogens with zero attached hydrogens (tertiary/aromatic N) is 1. The second kappa shape index (κ2) is 10.2. The largest absolute Gasteiger partial charge is 0.491 e. The molecule has 34 heavy (non-hydrogen) atoms. The van der Waals surface area contributed by atoms with E-state index < -0.39 is 23.2 Å². The molecule has 0 spiro atoms. The SMILES string of the molecule is CC(C)C[C@](C)(N)COc1ccc(-c2ccnc(NC(=O)c3ccc(Br)o3)c2)cc1C(F)(F)F. The first-order valence-corrected chi connectivity index (χ1v) is 11.3. The molecule has 0 aliphatic heterocycles. The molecular formula is C24H25BrF3N3O3. The summed E-state index contributed by atoms with van der Waals surface area (Å²) < 4.78 is 52.6. The maximum atomic E-state index is 13.8. The number of nitrogens with one attached hydrogen (secondary N) is 1. The number of amides is 1. The molecule has 1 aromatic carbocycles. The third-order valence-corrected chi connectivity index (χ3v) is 5.27. The topological polar surface area (TPSA) is 90.4 Å². The Balaban J connectivity index is 1.84. The zero-order valence-corrected chi connectivity index (χ0v) is 20.5. The number of aromatic nitrogens is 1. The quantitative estimate of drug-likeness (QED) is 0.340. The molecule has 0 saturated heterocycles. The highest BCUT2D eigenvalue weighted by Crippen LogP contribution is 2.39. The van der Waals surface area contributed by atoms with Crippen LogP contribution in [0, 0.1) is 5.92 Å². The molecule has 0 unspecified atom stereocenters. The lowest BCUT2D eigenvalue weighted by Crippen LogP contribution is -2.43. The van der Waals surface area contributed by atoms with E-state index in [1.165, 1.54) is 30.5 Å². The summed E-state index contributed by atoms with van der Waals surface area (Å²) in [6, 6.07) is 9.88. The molecule has 1 amide bonds. The first-order chi connectivity index (χ1) is 15.8. The van der Waals surface area contributed by atoms with E-state index in [1.54, 1.807) is 19.1 Å². The molecular weight excluding hydrogens is 515 g/mol. The Morgan fingerprint density at radius 2 is 1.88 bits per heavy atom. The predicted molar refractivity (Wildman–Crippen MR) is 127 cm³/mol. The predicted octanol–water partition coefficient (Wildman–Crippen LogP) is 6.52. The van der Waals surface area contributed by atoms with Gasteiger partial charge in [-0.15, -0.1) is 0 Å². The monoisotopic (exact) mass is 539 g/mol. The number of nitrogens with two attached hydrogens (primary N) is 1. The first kappa shape index (κ1) is 25.8. The molecule has 2 aromatic heterocycles. The van der Waals surface area contributed by atoms with Gasteiger partial charge in [0.2, 0.25) is 0 Å². The fourth-order valence-corrected chi connectivity index (χ4v) is 3.89. The molecule has 0 bridgehead atoms. The van der Waals surface area contributed by atoms with Gasteiger partial charge in [0.15, 0.2) is 10.4 Å². The maximum Gasteiger partial charge on any atom is 0.419 e. The first-order valence-electron chi connectivity index (χ1n) is 10.5. The van der Waals surface area contributed by atoms with Crippen LogP contribution in [-0.4, -0.2) is 23.0 Å². The molecule has 2 heterocycles. The number of furan rings is 1. The highest BCUT2D eigenvalue weighted by atomic mass is 79.9. The van der Waals surface area contributed by atoms with E-state index in [4.69, 9.17) is 14.9 Å². The lowest BCUT2D eigenvalue weighted by molar-refractivity contribution is -0.139. The number of pyridine rings is 1. The van der Waals surface area contributed by atoms with Crippen molar-refractivity contribution in [1.29, 1.82) is 0 Å². The molecule has 3 aromatic rings. The number of alkyl halides is 3. The van der Waals surface area contributed by atoms with Crippen LogP contribution in [0.1, 0.15) is 43.3 Å². The van der Waals surface area contributed by atoms with Crippen molar-refractivity contribution in [2.24, 2.45) is 11.7 Å². The number of benzene rings is 1. The van der Waals surface area contributed by atoms with E-state index in [9.17, 15) is 18.0 Å². The van der Waals surface area contributed by atoms with Crippen molar-refractivity contribution in [2.45, 2.75) is 38.9 Å². The van der Waals surface area contributed by atoms with Gasteiger partial charge in [0.05, 0.1) is 5.56 Å². The molecule has 0 aliphatic carbocycles. The average molecular weight is 540 g/mol. The van der Waals surface area contributed by atoms with Crippen LogP contribution in [0.5, 0.6) is 5.75 Å². The molecule has 10 heteroatoms. The van der Waals surface area contributed by atoms with Crippen LogP contribution < -0.4 is 15.8 Å². The number of halogens is 4. The van der Waals surface area contributed by atoms with Crippen LogP contribution in [0.25, 0.3) is 11.1 Å². The number of hydrogen-bond donors (Lipinski definition) is 2. The van der Waals surface area contributed by atoms with Crippen molar-refractivity contribution in [1.82, 2.24) is 4.98 Å². The summed E-state index contributed by atoms with van der Waals surface area (Å²) in [7, 11) is 0. The van der Waals surface area contributed by atoms with Crippen molar-refractivity contribution in [3.8, 4) is 16.9 Å². The van der Waals surface area contributed by atoms with Gasteiger partial charge in [0, 0.05) is 11.7 Å². The van der Waals surface area contributed by atoms with Gasteiger partial charge < -0.3 is 20.2 Å².